The van der Waals surface area contributed by atoms with E-state index >= 15 is 0 Å². The zero-order valence-corrected chi connectivity index (χ0v) is 10.2. The van der Waals surface area contributed by atoms with E-state index in [-0.39, 0.29) is 11.6 Å². The van der Waals surface area contributed by atoms with E-state index in [0.29, 0.717) is 13.2 Å². The Morgan fingerprint density at radius 3 is 2.95 bits per heavy atom. The minimum Gasteiger partial charge on any atom is -0.502 e. The van der Waals surface area contributed by atoms with Crippen molar-refractivity contribution in [1.29, 1.82) is 0 Å². The Balaban J connectivity index is 2.14. The third-order valence-corrected chi connectivity index (χ3v) is 2.95. The van der Waals surface area contributed by atoms with E-state index in [0.717, 1.165) is 18.9 Å². The molecule has 0 spiro atoms. The zero-order valence-electron chi connectivity index (χ0n) is 10.2. The Morgan fingerprint density at radius 2 is 2.32 bits per heavy atom. The van der Waals surface area contributed by atoms with Crippen LogP contribution >= 0.6 is 0 Å². The van der Waals surface area contributed by atoms with Crippen molar-refractivity contribution in [3.8, 4) is 5.75 Å². The first kappa shape index (κ1) is 13.3. The number of nitrogens with one attached hydrogen (secondary N) is 1. The second kappa shape index (κ2) is 5.66. The molecule has 102 valence electrons. The van der Waals surface area contributed by atoms with Crippen LogP contribution in [0.3, 0.4) is 0 Å². The smallest absolute Gasteiger partial charge is 0.311 e. The fourth-order valence-corrected chi connectivity index (χ4v) is 1.98. The summed E-state index contributed by atoms with van der Waals surface area (Å²) in [6.07, 6.45) is 1.65. The molecule has 2 rings (SSSR count). The second-order valence-corrected chi connectivity index (χ2v) is 4.32. The number of carbonyl (C=O) groups is 1. The molecule has 1 atom stereocenters. The van der Waals surface area contributed by atoms with Gasteiger partial charge in [0, 0.05) is 12.7 Å². The lowest BCUT2D eigenvalue weighted by Gasteiger charge is -2.23. The first-order valence-corrected chi connectivity index (χ1v) is 5.94. The molecular formula is C12H14N2O5. The van der Waals surface area contributed by atoms with Gasteiger partial charge >= 0.3 is 5.69 Å². The minimum atomic E-state index is -0.726. The monoisotopic (exact) mass is 266 g/mol. The van der Waals surface area contributed by atoms with Gasteiger partial charge in [-0.25, -0.2) is 0 Å². The van der Waals surface area contributed by atoms with Crippen LogP contribution < -0.4 is 5.32 Å². The van der Waals surface area contributed by atoms with Crippen molar-refractivity contribution < 1.29 is 19.6 Å². The number of nitrogens with zero attached hydrogens (tertiary/aromatic N) is 1. The highest BCUT2D eigenvalue weighted by Crippen LogP contribution is 2.29. The predicted molar refractivity (Wildman–Crippen MR) is 66.1 cm³/mol. The highest BCUT2D eigenvalue weighted by molar-refractivity contribution is 5.98. The molecule has 1 aromatic carbocycles. The lowest BCUT2D eigenvalue weighted by atomic mass is 10.1. The molecule has 1 aliphatic heterocycles. The van der Waals surface area contributed by atoms with Crippen molar-refractivity contribution >= 4 is 11.6 Å². The van der Waals surface area contributed by atoms with Crippen molar-refractivity contribution in [3.63, 3.8) is 0 Å². The van der Waals surface area contributed by atoms with E-state index in [9.17, 15) is 20.0 Å². The van der Waals surface area contributed by atoms with Crippen molar-refractivity contribution in [2.24, 2.45) is 0 Å². The van der Waals surface area contributed by atoms with Crippen molar-refractivity contribution in [2.75, 3.05) is 13.2 Å². The lowest BCUT2D eigenvalue weighted by molar-refractivity contribution is -0.385. The molecule has 19 heavy (non-hydrogen) atoms. The number of hydrogen-bond acceptors (Lipinski definition) is 5. The number of rotatable bonds is 3. The summed E-state index contributed by atoms with van der Waals surface area (Å²) in [5, 5.41) is 23.1. The zero-order chi connectivity index (χ0) is 13.8. The van der Waals surface area contributed by atoms with Crippen LogP contribution in [0.25, 0.3) is 0 Å². The van der Waals surface area contributed by atoms with E-state index in [4.69, 9.17) is 4.74 Å². The highest BCUT2D eigenvalue weighted by Gasteiger charge is 2.23. The highest BCUT2D eigenvalue weighted by atomic mass is 16.6. The number of para-hydroxylation sites is 1. The Bertz CT molecular complexity index is 497. The summed E-state index contributed by atoms with van der Waals surface area (Å²) < 4.78 is 5.23. The normalized spacial score (nSPS) is 18.8. The summed E-state index contributed by atoms with van der Waals surface area (Å²) in [5.74, 6) is -1.14. The molecule has 2 N–H and O–H groups in total. The van der Waals surface area contributed by atoms with Crippen LogP contribution in [0, 0.1) is 10.1 Å². The molecule has 7 heteroatoms. The van der Waals surface area contributed by atoms with Crippen molar-refractivity contribution in [3.05, 3.63) is 33.9 Å². The van der Waals surface area contributed by atoms with Crippen molar-refractivity contribution in [1.82, 2.24) is 5.32 Å². The molecule has 1 heterocycles. The SMILES string of the molecule is O=C(NC1CCCOC1)c1cccc([N+](=O)[O-])c1O. The van der Waals surface area contributed by atoms with Crippen LogP contribution in [-0.4, -0.2) is 35.2 Å². The van der Waals surface area contributed by atoms with E-state index in [2.05, 4.69) is 5.32 Å². The first-order valence-electron chi connectivity index (χ1n) is 5.94. The number of nitro benzene ring substituents is 1. The third-order valence-electron chi connectivity index (χ3n) is 2.95. The van der Waals surface area contributed by atoms with Crippen LogP contribution in [-0.2, 0) is 4.74 Å². The number of phenolic OH excluding ortho intramolecular Hbond substituents is 1. The van der Waals surface area contributed by atoms with E-state index in [1.165, 1.54) is 12.1 Å². The molecule has 0 aromatic heterocycles. The number of amides is 1. The van der Waals surface area contributed by atoms with Crippen LogP contribution in [0.1, 0.15) is 23.2 Å². The largest absolute Gasteiger partial charge is 0.502 e. The lowest BCUT2D eigenvalue weighted by Crippen LogP contribution is -2.40. The molecule has 1 aromatic rings. The molecule has 0 bridgehead atoms. The standard InChI is InChI=1S/C12H14N2O5/c15-11-9(4-1-5-10(11)14(17)18)12(16)13-8-3-2-6-19-7-8/h1,4-5,8,15H,2-3,6-7H2,(H,13,16). The fraction of sp³-hybridized carbons (Fsp3) is 0.417. The van der Waals surface area contributed by atoms with Crippen LogP contribution in [0.5, 0.6) is 5.75 Å². The predicted octanol–water partition coefficient (Wildman–Crippen LogP) is 1.21. The summed E-state index contributed by atoms with van der Waals surface area (Å²) in [7, 11) is 0. The minimum absolute atomic E-state index is 0.0974. The van der Waals surface area contributed by atoms with Gasteiger partial charge in [0.2, 0.25) is 5.75 Å². The number of hydrogen-bond donors (Lipinski definition) is 2. The third kappa shape index (κ3) is 3.00. The van der Waals surface area contributed by atoms with Gasteiger partial charge in [-0.05, 0) is 18.9 Å². The van der Waals surface area contributed by atoms with Gasteiger partial charge in [-0.1, -0.05) is 6.07 Å². The Labute approximate surface area is 109 Å². The quantitative estimate of drug-likeness (QED) is 0.632. The average Bonchev–Trinajstić information content (AvgIpc) is 2.39. The van der Waals surface area contributed by atoms with E-state index in [1.54, 1.807) is 0 Å². The topological polar surface area (TPSA) is 102 Å². The molecule has 1 aliphatic rings. The van der Waals surface area contributed by atoms with Crippen LogP contribution in [0.15, 0.2) is 18.2 Å². The van der Waals surface area contributed by atoms with E-state index in [1.807, 2.05) is 0 Å². The summed E-state index contributed by atoms with van der Waals surface area (Å²) in [6.45, 7) is 1.09. The number of aromatic hydroxyl groups is 1. The molecule has 1 amide bonds. The number of phenols is 1. The van der Waals surface area contributed by atoms with Gasteiger partial charge in [0.25, 0.3) is 5.91 Å². The maximum atomic E-state index is 12.0. The molecule has 1 saturated heterocycles. The van der Waals surface area contributed by atoms with Gasteiger partial charge in [0.1, 0.15) is 0 Å². The molecule has 0 aliphatic carbocycles. The maximum absolute atomic E-state index is 12.0. The first-order chi connectivity index (χ1) is 9.09. The maximum Gasteiger partial charge on any atom is 0.311 e. The Hall–Kier alpha value is -2.15. The summed E-state index contributed by atoms with van der Waals surface area (Å²) in [4.78, 5) is 21.9. The van der Waals surface area contributed by atoms with Gasteiger partial charge in [0.05, 0.1) is 23.1 Å². The van der Waals surface area contributed by atoms with Crippen molar-refractivity contribution in [2.45, 2.75) is 18.9 Å². The van der Waals surface area contributed by atoms with Gasteiger partial charge in [0.15, 0.2) is 0 Å². The molecule has 1 unspecified atom stereocenters. The molecule has 0 radical (unpaired) electrons. The fourth-order valence-electron chi connectivity index (χ4n) is 1.98. The number of benzene rings is 1. The molecule has 0 saturated carbocycles. The van der Waals surface area contributed by atoms with Gasteiger partial charge < -0.3 is 15.2 Å². The van der Waals surface area contributed by atoms with Gasteiger partial charge in [-0.15, -0.1) is 0 Å². The summed E-state index contributed by atoms with van der Waals surface area (Å²) in [6, 6.07) is 3.74. The van der Waals surface area contributed by atoms with E-state index < -0.39 is 22.3 Å². The summed E-state index contributed by atoms with van der Waals surface area (Å²) in [5.41, 5.74) is -0.577. The molecule has 1 fully saturated rings. The van der Waals surface area contributed by atoms with Gasteiger partial charge in [-0.3, -0.25) is 14.9 Å². The number of nitro groups is 1. The second-order valence-electron chi connectivity index (χ2n) is 4.32. The number of ether oxygens (including phenoxy) is 1. The number of carbonyl (C=O) groups excluding carboxylic acids is 1. The summed E-state index contributed by atoms with van der Waals surface area (Å²) >= 11 is 0. The Morgan fingerprint density at radius 1 is 1.53 bits per heavy atom. The molecular weight excluding hydrogens is 252 g/mol. The average molecular weight is 266 g/mol. The molecule has 7 nitrogen and oxygen atoms in total. The van der Waals surface area contributed by atoms with Gasteiger partial charge in [-0.2, -0.15) is 0 Å². The Kier molecular flexibility index (Phi) is 3.96. The van der Waals surface area contributed by atoms with Crippen LogP contribution in [0.4, 0.5) is 5.69 Å². The van der Waals surface area contributed by atoms with Crippen LogP contribution in [0.2, 0.25) is 0 Å².